The van der Waals surface area contributed by atoms with Gasteiger partial charge in [0, 0.05) is 24.4 Å². The molecule has 1 heterocycles. The second kappa shape index (κ2) is 12.1. The average Bonchev–Trinajstić information content (AvgIpc) is 2.85. The van der Waals surface area contributed by atoms with E-state index in [9.17, 15) is 0 Å². The van der Waals surface area contributed by atoms with Gasteiger partial charge in [-0.1, -0.05) is 74.1 Å². The van der Waals surface area contributed by atoms with E-state index < -0.39 is 5.60 Å². The van der Waals surface area contributed by atoms with E-state index in [4.69, 9.17) is 14.2 Å². The highest BCUT2D eigenvalue weighted by Crippen LogP contribution is 2.44. The van der Waals surface area contributed by atoms with Gasteiger partial charge >= 0.3 is 0 Å². The molecule has 0 radical (unpaired) electrons. The molecule has 1 saturated carbocycles. The molecule has 2 aromatic rings. The Morgan fingerprint density at radius 2 is 1.80 bits per heavy atom. The smallest absolute Gasteiger partial charge is 0.132 e. The van der Waals surface area contributed by atoms with Crippen LogP contribution in [0, 0.1) is 12.8 Å². The van der Waals surface area contributed by atoms with E-state index in [1.807, 2.05) is 19.1 Å². The maximum atomic E-state index is 6.67. The lowest BCUT2D eigenvalue weighted by molar-refractivity contribution is -0.158. The number of nitrogens with one attached hydrogen (secondary N) is 1. The molecule has 2 aromatic carbocycles. The molecular weight excluding hydrogens is 434 g/mol. The topological polar surface area (TPSA) is 39.7 Å². The van der Waals surface area contributed by atoms with Crippen LogP contribution in [0.5, 0.6) is 5.75 Å². The summed E-state index contributed by atoms with van der Waals surface area (Å²) in [5, 5.41) is 3.58. The summed E-state index contributed by atoms with van der Waals surface area (Å²) < 4.78 is 19.5. The molecule has 4 rings (SSSR count). The number of anilines is 1. The minimum absolute atomic E-state index is 0.163. The molecule has 0 saturated heterocycles. The lowest BCUT2D eigenvalue weighted by Gasteiger charge is -2.44. The summed E-state index contributed by atoms with van der Waals surface area (Å²) in [5.41, 5.74) is 4.20. The summed E-state index contributed by atoms with van der Waals surface area (Å²) in [7, 11) is 0. The Hall–Kier alpha value is -2.30. The molecule has 1 fully saturated rings. The number of allylic oxidation sites excluding steroid dienone is 1. The maximum Gasteiger partial charge on any atom is 0.132 e. The van der Waals surface area contributed by atoms with Crippen molar-refractivity contribution in [1.29, 1.82) is 0 Å². The Morgan fingerprint density at radius 3 is 2.54 bits per heavy atom. The van der Waals surface area contributed by atoms with E-state index in [0.717, 1.165) is 42.5 Å². The number of aryl methyl sites for hydroxylation is 1. The van der Waals surface area contributed by atoms with Crippen molar-refractivity contribution in [3.8, 4) is 5.75 Å². The van der Waals surface area contributed by atoms with Crippen LogP contribution in [0.3, 0.4) is 0 Å². The molecule has 1 aliphatic heterocycles. The van der Waals surface area contributed by atoms with E-state index in [2.05, 4.69) is 68.6 Å². The zero-order valence-electron chi connectivity index (χ0n) is 22.0. The summed E-state index contributed by atoms with van der Waals surface area (Å²) in [6.45, 7) is 10.4. The largest absolute Gasteiger partial charge is 0.485 e. The molecule has 4 nitrogen and oxygen atoms in total. The molecule has 190 valence electrons. The van der Waals surface area contributed by atoms with Crippen molar-refractivity contribution in [2.75, 3.05) is 18.5 Å². The van der Waals surface area contributed by atoms with Gasteiger partial charge in [0.2, 0.25) is 0 Å². The first-order valence-corrected chi connectivity index (χ1v) is 13.4. The van der Waals surface area contributed by atoms with Crippen molar-refractivity contribution in [1.82, 2.24) is 0 Å². The normalized spacial score (nSPS) is 22.1. The molecule has 0 spiro atoms. The van der Waals surface area contributed by atoms with Gasteiger partial charge in [-0.15, -0.1) is 0 Å². The Morgan fingerprint density at radius 1 is 1.03 bits per heavy atom. The molecule has 35 heavy (non-hydrogen) atoms. The van der Waals surface area contributed by atoms with E-state index in [0.29, 0.717) is 6.61 Å². The quantitative estimate of drug-likeness (QED) is 0.355. The van der Waals surface area contributed by atoms with Gasteiger partial charge in [-0.25, -0.2) is 0 Å². The third-order valence-corrected chi connectivity index (χ3v) is 7.42. The van der Waals surface area contributed by atoms with Gasteiger partial charge in [0.15, 0.2) is 0 Å². The second-order valence-electron chi connectivity index (χ2n) is 10.7. The fourth-order valence-electron chi connectivity index (χ4n) is 5.31. The fourth-order valence-corrected chi connectivity index (χ4v) is 5.31. The standard InChI is InChI=1S/C31H43NO3/c1-5-6-19-34-30-29(33-20-18-24-10-8-7-9-11-24)27-21-26(16-17-28(27)35-31(30,3)4)32-22-25-14-12-23(2)13-15-25/h5-6,12-17,21,24,29-30,32H,7-11,18-20,22H2,1-4H3. The third-order valence-electron chi connectivity index (χ3n) is 7.42. The monoisotopic (exact) mass is 477 g/mol. The number of hydrogen-bond acceptors (Lipinski definition) is 4. The molecule has 1 N–H and O–H groups in total. The maximum absolute atomic E-state index is 6.67. The average molecular weight is 478 g/mol. The highest BCUT2D eigenvalue weighted by Gasteiger charge is 2.45. The minimum Gasteiger partial charge on any atom is -0.485 e. The van der Waals surface area contributed by atoms with Crippen molar-refractivity contribution in [2.45, 2.75) is 90.6 Å². The van der Waals surface area contributed by atoms with E-state index in [1.54, 1.807) is 0 Å². The lowest BCUT2D eigenvalue weighted by Crippen LogP contribution is -2.51. The molecule has 2 unspecified atom stereocenters. The summed E-state index contributed by atoms with van der Waals surface area (Å²) in [4.78, 5) is 0. The van der Waals surface area contributed by atoms with Gasteiger partial charge in [-0.2, -0.15) is 0 Å². The Labute approximate surface area is 212 Å². The summed E-state index contributed by atoms with van der Waals surface area (Å²) in [6.07, 6.45) is 11.6. The molecule has 0 amide bonds. The molecule has 2 atom stereocenters. The van der Waals surface area contributed by atoms with Gasteiger partial charge in [0.05, 0.1) is 6.61 Å². The van der Waals surface area contributed by atoms with Gasteiger partial charge in [0.25, 0.3) is 0 Å². The van der Waals surface area contributed by atoms with Crippen LogP contribution in [0.1, 0.15) is 82.1 Å². The van der Waals surface area contributed by atoms with E-state index in [-0.39, 0.29) is 12.2 Å². The number of benzene rings is 2. The van der Waals surface area contributed by atoms with Crippen LogP contribution < -0.4 is 10.1 Å². The highest BCUT2D eigenvalue weighted by atomic mass is 16.6. The van der Waals surface area contributed by atoms with Crippen LogP contribution in [0.15, 0.2) is 54.6 Å². The highest BCUT2D eigenvalue weighted by molar-refractivity contribution is 5.54. The molecule has 2 aliphatic rings. The first-order chi connectivity index (χ1) is 17.0. The fraction of sp³-hybridized carbons (Fsp3) is 0.548. The Bertz CT molecular complexity index is 960. The Balaban J connectivity index is 1.52. The predicted octanol–water partition coefficient (Wildman–Crippen LogP) is 7.77. The van der Waals surface area contributed by atoms with Gasteiger partial charge in [-0.05, 0) is 63.8 Å². The lowest BCUT2D eigenvalue weighted by atomic mass is 9.86. The minimum atomic E-state index is -0.485. The van der Waals surface area contributed by atoms with Gasteiger partial charge < -0.3 is 19.5 Å². The molecule has 4 heteroatoms. The first kappa shape index (κ1) is 25.8. The van der Waals surface area contributed by atoms with Crippen LogP contribution in [0.25, 0.3) is 0 Å². The third kappa shape index (κ3) is 6.89. The molecule has 0 bridgehead atoms. The number of rotatable bonds is 10. The van der Waals surface area contributed by atoms with Crippen molar-refractivity contribution >= 4 is 5.69 Å². The van der Waals surface area contributed by atoms with Crippen LogP contribution in [-0.2, 0) is 16.0 Å². The van der Waals surface area contributed by atoms with Crippen LogP contribution in [0.2, 0.25) is 0 Å². The van der Waals surface area contributed by atoms with Gasteiger partial charge in [0.1, 0.15) is 23.6 Å². The predicted molar refractivity (Wildman–Crippen MR) is 144 cm³/mol. The molecule has 1 aliphatic carbocycles. The van der Waals surface area contributed by atoms with Crippen molar-refractivity contribution < 1.29 is 14.2 Å². The SMILES string of the molecule is CC=CCOC1C(OCCC2CCCCC2)c2cc(NCc3ccc(C)cc3)ccc2OC1(C)C. The molecular formula is C31H43NO3. The zero-order chi connectivity index (χ0) is 24.7. The first-order valence-electron chi connectivity index (χ1n) is 13.4. The summed E-state index contributed by atoms with van der Waals surface area (Å²) >= 11 is 0. The van der Waals surface area contributed by atoms with Crippen molar-refractivity contribution in [3.05, 3.63) is 71.3 Å². The van der Waals surface area contributed by atoms with Crippen molar-refractivity contribution in [3.63, 3.8) is 0 Å². The summed E-state index contributed by atoms with van der Waals surface area (Å²) in [6, 6.07) is 15.0. The zero-order valence-corrected chi connectivity index (χ0v) is 22.0. The van der Waals surface area contributed by atoms with Crippen molar-refractivity contribution in [2.24, 2.45) is 5.92 Å². The molecule has 0 aromatic heterocycles. The van der Waals surface area contributed by atoms with E-state index in [1.165, 1.54) is 43.2 Å². The van der Waals surface area contributed by atoms with E-state index >= 15 is 0 Å². The summed E-state index contributed by atoms with van der Waals surface area (Å²) in [5.74, 6) is 1.69. The number of fused-ring (bicyclic) bond motifs is 1. The number of ether oxygens (including phenoxy) is 3. The Kier molecular flexibility index (Phi) is 8.91. The second-order valence-corrected chi connectivity index (χ2v) is 10.7. The van der Waals surface area contributed by atoms with Crippen LogP contribution in [0.4, 0.5) is 5.69 Å². The van der Waals surface area contributed by atoms with Gasteiger partial charge in [-0.3, -0.25) is 0 Å². The van der Waals surface area contributed by atoms with Crippen LogP contribution >= 0.6 is 0 Å². The number of hydrogen-bond donors (Lipinski definition) is 1. The van der Waals surface area contributed by atoms with Crippen LogP contribution in [-0.4, -0.2) is 24.9 Å².